The second-order valence-electron chi connectivity index (χ2n) is 6.39. The average molecular weight is 319 g/mol. The first kappa shape index (κ1) is 16.3. The molecular formula is C18H25NO4. The second-order valence-corrected chi connectivity index (χ2v) is 6.39. The third-order valence-corrected chi connectivity index (χ3v) is 4.80. The zero-order chi connectivity index (χ0) is 16.4. The SMILES string of the molecule is CCOC(=O)c1oc2c(c1C)C(N[C@@H]1C=C[C@H](CO)C1)CCC2. The number of aliphatic hydroxyl groups is 1. The fourth-order valence-corrected chi connectivity index (χ4v) is 3.69. The topological polar surface area (TPSA) is 71.7 Å². The molecular weight excluding hydrogens is 294 g/mol. The molecule has 0 spiro atoms. The first-order valence-corrected chi connectivity index (χ1v) is 8.48. The van der Waals surface area contributed by atoms with Crippen molar-refractivity contribution in [3.05, 3.63) is 34.8 Å². The Balaban J connectivity index is 1.79. The second kappa shape index (κ2) is 6.89. The number of carbonyl (C=O) groups is 1. The molecule has 0 saturated heterocycles. The zero-order valence-corrected chi connectivity index (χ0v) is 13.8. The van der Waals surface area contributed by atoms with Gasteiger partial charge in [0, 0.05) is 42.2 Å². The van der Waals surface area contributed by atoms with E-state index in [4.69, 9.17) is 9.15 Å². The Hall–Kier alpha value is -1.59. The molecule has 5 heteroatoms. The molecule has 1 unspecified atom stereocenters. The number of esters is 1. The lowest BCUT2D eigenvalue weighted by Crippen LogP contribution is -2.33. The number of hydrogen-bond acceptors (Lipinski definition) is 5. The Labute approximate surface area is 136 Å². The minimum atomic E-state index is -0.376. The predicted molar refractivity (Wildman–Crippen MR) is 86.3 cm³/mol. The number of aliphatic hydroxyl groups excluding tert-OH is 1. The van der Waals surface area contributed by atoms with E-state index in [1.807, 2.05) is 6.92 Å². The predicted octanol–water partition coefficient (Wildman–Crippen LogP) is 2.67. The van der Waals surface area contributed by atoms with E-state index in [0.717, 1.165) is 42.6 Å². The molecule has 3 atom stereocenters. The van der Waals surface area contributed by atoms with Crippen LogP contribution in [0.5, 0.6) is 0 Å². The number of nitrogens with one attached hydrogen (secondary N) is 1. The van der Waals surface area contributed by atoms with E-state index in [0.29, 0.717) is 12.4 Å². The van der Waals surface area contributed by atoms with Gasteiger partial charge in [-0.2, -0.15) is 0 Å². The molecule has 0 bridgehead atoms. The van der Waals surface area contributed by atoms with Crippen molar-refractivity contribution in [1.29, 1.82) is 0 Å². The maximum atomic E-state index is 12.0. The van der Waals surface area contributed by atoms with E-state index >= 15 is 0 Å². The van der Waals surface area contributed by atoms with Gasteiger partial charge in [0.2, 0.25) is 5.76 Å². The van der Waals surface area contributed by atoms with Crippen molar-refractivity contribution in [3.63, 3.8) is 0 Å². The molecule has 0 aliphatic heterocycles. The molecule has 0 fully saturated rings. The van der Waals surface area contributed by atoms with Crippen molar-refractivity contribution in [2.24, 2.45) is 5.92 Å². The minimum Gasteiger partial charge on any atom is -0.460 e. The molecule has 2 aliphatic carbocycles. The van der Waals surface area contributed by atoms with Crippen LogP contribution in [-0.2, 0) is 11.2 Å². The molecule has 1 aromatic rings. The van der Waals surface area contributed by atoms with Gasteiger partial charge in [-0.05, 0) is 33.1 Å². The van der Waals surface area contributed by atoms with E-state index in [2.05, 4.69) is 17.5 Å². The molecule has 0 saturated carbocycles. The fraction of sp³-hybridized carbons (Fsp3) is 0.611. The van der Waals surface area contributed by atoms with Crippen LogP contribution < -0.4 is 5.32 Å². The minimum absolute atomic E-state index is 0.192. The number of fused-ring (bicyclic) bond motifs is 1. The number of furan rings is 1. The van der Waals surface area contributed by atoms with Gasteiger partial charge in [0.1, 0.15) is 5.76 Å². The normalized spacial score (nSPS) is 26.3. The highest BCUT2D eigenvalue weighted by Gasteiger charge is 2.32. The molecule has 3 rings (SSSR count). The molecule has 2 N–H and O–H groups in total. The molecule has 1 aromatic heterocycles. The molecule has 0 aromatic carbocycles. The average Bonchev–Trinajstić information content (AvgIpc) is 3.13. The molecule has 2 aliphatic rings. The van der Waals surface area contributed by atoms with Gasteiger partial charge in [0.15, 0.2) is 0 Å². The smallest absolute Gasteiger partial charge is 0.374 e. The summed E-state index contributed by atoms with van der Waals surface area (Å²) in [5.74, 6) is 1.13. The van der Waals surface area contributed by atoms with E-state index in [1.54, 1.807) is 6.92 Å². The maximum absolute atomic E-state index is 12.0. The van der Waals surface area contributed by atoms with E-state index in [9.17, 15) is 9.90 Å². The number of ether oxygens (including phenoxy) is 1. The fourth-order valence-electron chi connectivity index (χ4n) is 3.69. The van der Waals surface area contributed by atoms with Gasteiger partial charge in [-0.3, -0.25) is 0 Å². The first-order chi connectivity index (χ1) is 11.1. The van der Waals surface area contributed by atoms with Crippen molar-refractivity contribution < 1.29 is 19.1 Å². The lowest BCUT2D eigenvalue weighted by Gasteiger charge is -2.26. The highest BCUT2D eigenvalue weighted by Crippen LogP contribution is 2.37. The van der Waals surface area contributed by atoms with E-state index in [-0.39, 0.29) is 30.6 Å². The lowest BCUT2D eigenvalue weighted by molar-refractivity contribution is 0.0487. The number of aryl methyl sites for hydroxylation is 1. The third-order valence-electron chi connectivity index (χ3n) is 4.80. The maximum Gasteiger partial charge on any atom is 0.374 e. The summed E-state index contributed by atoms with van der Waals surface area (Å²) in [6.07, 6.45) is 8.07. The van der Waals surface area contributed by atoms with Gasteiger partial charge in [-0.15, -0.1) is 0 Å². The van der Waals surface area contributed by atoms with Gasteiger partial charge in [0.25, 0.3) is 0 Å². The van der Waals surface area contributed by atoms with Crippen LogP contribution in [0.2, 0.25) is 0 Å². The molecule has 126 valence electrons. The highest BCUT2D eigenvalue weighted by molar-refractivity contribution is 5.88. The summed E-state index contributed by atoms with van der Waals surface area (Å²) in [5, 5.41) is 12.9. The summed E-state index contributed by atoms with van der Waals surface area (Å²) >= 11 is 0. The Morgan fingerprint density at radius 1 is 1.48 bits per heavy atom. The third kappa shape index (κ3) is 3.21. The van der Waals surface area contributed by atoms with E-state index in [1.165, 1.54) is 0 Å². The van der Waals surface area contributed by atoms with Crippen LogP contribution in [-0.4, -0.2) is 30.3 Å². The van der Waals surface area contributed by atoms with Crippen LogP contribution in [0.3, 0.4) is 0 Å². The van der Waals surface area contributed by atoms with Crippen molar-refractivity contribution in [2.45, 2.75) is 51.6 Å². The van der Waals surface area contributed by atoms with Crippen molar-refractivity contribution in [3.8, 4) is 0 Å². The van der Waals surface area contributed by atoms with Crippen LogP contribution in [0, 0.1) is 12.8 Å². The molecule has 0 radical (unpaired) electrons. The Morgan fingerprint density at radius 2 is 2.30 bits per heavy atom. The van der Waals surface area contributed by atoms with Crippen LogP contribution in [0.4, 0.5) is 0 Å². The van der Waals surface area contributed by atoms with Gasteiger partial charge in [0.05, 0.1) is 6.61 Å². The standard InChI is InChI=1S/C18H25NO4/c1-3-22-18(21)17-11(2)16-14(5-4-6-15(16)23-17)19-13-8-7-12(9-13)10-20/h7-8,12-14,19-20H,3-6,9-10H2,1-2H3/t12-,13+,14?/m0/s1. The van der Waals surface area contributed by atoms with Crippen molar-refractivity contribution in [1.82, 2.24) is 5.32 Å². The van der Waals surface area contributed by atoms with Gasteiger partial charge >= 0.3 is 5.97 Å². The summed E-state index contributed by atoms with van der Waals surface area (Å²) in [5.41, 5.74) is 2.02. The molecule has 23 heavy (non-hydrogen) atoms. The number of rotatable bonds is 5. The summed E-state index contributed by atoms with van der Waals surface area (Å²) in [7, 11) is 0. The highest BCUT2D eigenvalue weighted by atomic mass is 16.5. The van der Waals surface area contributed by atoms with Gasteiger partial charge in [-0.1, -0.05) is 12.2 Å². The zero-order valence-electron chi connectivity index (χ0n) is 13.8. The van der Waals surface area contributed by atoms with Crippen LogP contribution >= 0.6 is 0 Å². The van der Waals surface area contributed by atoms with Gasteiger partial charge < -0.3 is 19.6 Å². The summed E-state index contributed by atoms with van der Waals surface area (Å²) in [4.78, 5) is 12.0. The van der Waals surface area contributed by atoms with Crippen molar-refractivity contribution >= 4 is 5.97 Å². The largest absolute Gasteiger partial charge is 0.460 e. The first-order valence-electron chi connectivity index (χ1n) is 8.48. The summed E-state index contributed by atoms with van der Waals surface area (Å²) < 4.78 is 10.9. The van der Waals surface area contributed by atoms with Crippen LogP contribution in [0.1, 0.15) is 59.7 Å². The Kier molecular flexibility index (Phi) is 4.87. The Morgan fingerprint density at radius 3 is 3.00 bits per heavy atom. The van der Waals surface area contributed by atoms with Crippen LogP contribution in [0.25, 0.3) is 0 Å². The van der Waals surface area contributed by atoms with E-state index < -0.39 is 0 Å². The summed E-state index contributed by atoms with van der Waals surface area (Å²) in [6, 6.07) is 0.459. The number of hydrogen-bond donors (Lipinski definition) is 2. The van der Waals surface area contributed by atoms with Crippen LogP contribution in [0.15, 0.2) is 16.6 Å². The molecule has 0 amide bonds. The Bertz CT molecular complexity index is 604. The molecule has 1 heterocycles. The van der Waals surface area contributed by atoms with Gasteiger partial charge in [-0.25, -0.2) is 4.79 Å². The monoisotopic (exact) mass is 319 g/mol. The quantitative estimate of drug-likeness (QED) is 0.645. The summed E-state index contributed by atoms with van der Waals surface area (Å²) in [6.45, 7) is 4.28. The lowest BCUT2D eigenvalue weighted by atomic mass is 9.89. The number of carbonyl (C=O) groups excluding carboxylic acids is 1. The molecule has 5 nitrogen and oxygen atoms in total. The van der Waals surface area contributed by atoms with Crippen molar-refractivity contribution in [2.75, 3.05) is 13.2 Å².